The van der Waals surface area contributed by atoms with Gasteiger partial charge in [-0.05, 0) is 43.0 Å². The first-order valence-corrected chi connectivity index (χ1v) is 4.15. The van der Waals surface area contributed by atoms with E-state index >= 15 is 0 Å². The maximum absolute atomic E-state index is 10.3. The minimum atomic E-state index is 0.530. The van der Waals surface area contributed by atoms with Gasteiger partial charge in [0.1, 0.15) is 6.29 Å². The van der Waals surface area contributed by atoms with Gasteiger partial charge in [0, 0.05) is 6.42 Å². The first kappa shape index (κ1) is 8.98. The molecule has 0 fully saturated rings. The van der Waals surface area contributed by atoms with Gasteiger partial charge < -0.3 is 4.79 Å². The van der Waals surface area contributed by atoms with Crippen molar-refractivity contribution in [2.45, 2.75) is 27.2 Å². The summed E-state index contributed by atoms with van der Waals surface area (Å²) in [6.07, 6.45) is 1.48. The van der Waals surface area contributed by atoms with Gasteiger partial charge in [-0.2, -0.15) is 0 Å². The first-order valence-electron chi connectivity index (χ1n) is 4.15. The van der Waals surface area contributed by atoms with E-state index in [9.17, 15) is 4.79 Å². The molecular weight excluding hydrogens is 148 g/mol. The lowest BCUT2D eigenvalue weighted by Crippen LogP contribution is -1.92. The highest BCUT2D eigenvalue weighted by molar-refractivity contribution is 5.56. The Hall–Kier alpha value is -1.11. The smallest absolute Gasteiger partial charge is 0.124 e. The Labute approximate surface area is 73.4 Å². The van der Waals surface area contributed by atoms with E-state index in [0.717, 1.165) is 11.8 Å². The number of rotatable bonds is 2. The quantitative estimate of drug-likeness (QED) is 0.610. The van der Waals surface area contributed by atoms with Gasteiger partial charge in [-0.25, -0.2) is 0 Å². The molecular formula is C11H14O. The summed E-state index contributed by atoms with van der Waals surface area (Å²) in [6, 6.07) is 4.16. The van der Waals surface area contributed by atoms with Gasteiger partial charge in [0.05, 0.1) is 0 Å². The maximum atomic E-state index is 10.3. The highest BCUT2D eigenvalue weighted by Crippen LogP contribution is 2.15. The van der Waals surface area contributed by atoms with E-state index in [1.54, 1.807) is 0 Å². The third-order valence-corrected chi connectivity index (χ3v) is 2.31. The molecule has 0 spiro atoms. The van der Waals surface area contributed by atoms with Gasteiger partial charge in [0.15, 0.2) is 0 Å². The van der Waals surface area contributed by atoms with Crippen molar-refractivity contribution in [3.05, 3.63) is 34.4 Å². The Morgan fingerprint density at radius 1 is 1.17 bits per heavy atom. The van der Waals surface area contributed by atoms with E-state index in [4.69, 9.17) is 0 Å². The molecule has 0 aliphatic rings. The average molecular weight is 162 g/mol. The lowest BCUT2D eigenvalue weighted by Gasteiger charge is -2.06. The lowest BCUT2D eigenvalue weighted by atomic mass is 9.99. The maximum Gasteiger partial charge on any atom is 0.124 e. The largest absolute Gasteiger partial charge is 0.303 e. The van der Waals surface area contributed by atoms with Gasteiger partial charge >= 0.3 is 0 Å². The number of aldehydes is 1. The van der Waals surface area contributed by atoms with E-state index in [-0.39, 0.29) is 0 Å². The second kappa shape index (κ2) is 3.53. The van der Waals surface area contributed by atoms with Gasteiger partial charge in [-0.1, -0.05) is 12.1 Å². The van der Waals surface area contributed by atoms with Crippen LogP contribution in [0.2, 0.25) is 0 Å². The van der Waals surface area contributed by atoms with Crippen LogP contribution in [0.1, 0.15) is 22.3 Å². The van der Waals surface area contributed by atoms with Crippen LogP contribution in [0.15, 0.2) is 12.1 Å². The number of benzene rings is 1. The first-order chi connectivity index (χ1) is 5.65. The van der Waals surface area contributed by atoms with Gasteiger partial charge in [0.25, 0.3) is 0 Å². The van der Waals surface area contributed by atoms with Crippen LogP contribution in [0.25, 0.3) is 0 Å². The summed E-state index contributed by atoms with van der Waals surface area (Å²) in [7, 11) is 0. The molecule has 1 rings (SSSR count). The number of hydrogen-bond acceptors (Lipinski definition) is 1. The zero-order valence-corrected chi connectivity index (χ0v) is 7.85. The molecule has 64 valence electrons. The molecule has 1 aromatic carbocycles. The van der Waals surface area contributed by atoms with E-state index < -0.39 is 0 Å². The van der Waals surface area contributed by atoms with E-state index in [1.165, 1.54) is 16.7 Å². The summed E-state index contributed by atoms with van der Waals surface area (Å²) >= 11 is 0. The fourth-order valence-corrected chi connectivity index (χ4v) is 1.34. The molecule has 0 aliphatic heterocycles. The fraction of sp³-hybridized carbons (Fsp3) is 0.364. The van der Waals surface area contributed by atoms with Crippen LogP contribution in [-0.4, -0.2) is 6.29 Å². The Balaban J connectivity index is 3.11. The SMILES string of the molecule is Cc1cc(CC=O)cc(C)c1C. The summed E-state index contributed by atoms with van der Waals surface area (Å²) in [4.78, 5) is 10.3. The predicted octanol–water partition coefficient (Wildman–Crippen LogP) is 2.35. The van der Waals surface area contributed by atoms with Crippen LogP contribution in [0.3, 0.4) is 0 Å². The zero-order valence-electron chi connectivity index (χ0n) is 7.85. The van der Waals surface area contributed by atoms with Crippen LogP contribution >= 0.6 is 0 Å². The van der Waals surface area contributed by atoms with Crippen molar-refractivity contribution in [2.24, 2.45) is 0 Å². The standard InChI is InChI=1S/C11H14O/c1-8-6-11(4-5-12)7-9(2)10(8)3/h5-7H,4H2,1-3H3. The van der Waals surface area contributed by atoms with E-state index in [1.807, 2.05) is 0 Å². The molecule has 0 saturated carbocycles. The third kappa shape index (κ3) is 1.73. The fourth-order valence-electron chi connectivity index (χ4n) is 1.34. The van der Waals surface area contributed by atoms with Crippen molar-refractivity contribution >= 4 is 6.29 Å². The van der Waals surface area contributed by atoms with Crippen molar-refractivity contribution in [1.29, 1.82) is 0 Å². The van der Waals surface area contributed by atoms with Crippen molar-refractivity contribution in [3.63, 3.8) is 0 Å². The molecule has 0 heterocycles. The van der Waals surface area contributed by atoms with Gasteiger partial charge in [-0.15, -0.1) is 0 Å². The molecule has 12 heavy (non-hydrogen) atoms. The summed E-state index contributed by atoms with van der Waals surface area (Å²) in [5, 5.41) is 0. The average Bonchev–Trinajstić information content (AvgIpc) is 2.01. The monoisotopic (exact) mass is 162 g/mol. The third-order valence-electron chi connectivity index (χ3n) is 2.31. The zero-order chi connectivity index (χ0) is 9.14. The number of carbonyl (C=O) groups is 1. The molecule has 0 aromatic heterocycles. The highest BCUT2D eigenvalue weighted by Gasteiger charge is 1.99. The molecule has 0 aliphatic carbocycles. The molecule has 0 atom stereocenters. The Morgan fingerprint density at radius 2 is 1.67 bits per heavy atom. The molecule has 0 N–H and O–H groups in total. The summed E-state index contributed by atoms with van der Waals surface area (Å²) in [6.45, 7) is 6.27. The summed E-state index contributed by atoms with van der Waals surface area (Å²) in [5.41, 5.74) is 4.98. The minimum Gasteiger partial charge on any atom is -0.303 e. The van der Waals surface area contributed by atoms with Crippen molar-refractivity contribution in [2.75, 3.05) is 0 Å². The predicted molar refractivity (Wildman–Crippen MR) is 50.4 cm³/mol. The molecule has 1 heteroatoms. The molecule has 0 bridgehead atoms. The van der Waals surface area contributed by atoms with Crippen molar-refractivity contribution in [3.8, 4) is 0 Å². The molecule has 0 radical (unpaired) electrons. The topological polar surface area (TPSA) is 17.1 Å². The molecule has 0 amide bonds. The van der Waals surface area contributed by atoms with Crippen LogP contribution in [-0.2, 0) is 11.2 Å². The summed E-state index contributed by atoms with van der Waals surface area (Å²) < 4.78 is 0. The number of aryl methyl sites for hydroxylation is 2. The van der Waals surface area contributed by atoms with Crippen LogP contribution in [0.4, 0.5) is 0 Å². The second-order valence-electron chi connectivity index (χ2n) is 3.23. The Kier molecular flexibility index (Phi) is 2.64. The van der Waals surface area contributed by atoms with Crippen LogP contribution < -0.4 is 0 Å². The lowest BCUT2D eigenvalue weighted by molar-refractivity contribution is -0.107. The Bertz CT molecular complexity index is 277. The minimum absolute atomic E-state index is 0.530. The number of hydrogen-bond donors (Lipinski definition) is 0. The van der Waals surface area contributed by atoms with E-state index in [2.05, 4.69) is 32.9 Å². The van der Waals surface area contributed by atoms with Crippen LogP contribution in [0, 0.1) is 20.8 Å². The van der Waals surface area contributed by atoms with Crippen LogP contribution in [0.5, 0.6) is 0 Å². The van der Waals surface area contributed by atoms with Gasteiger partial charge in [0.2, 0.25) is 0 Å². The number of carbonyl (C=O) groups excluding carboxylic acids is 1. The van der Waals surface area contributed by atoms with Crippen molar-refractivity contribution in [1.82, 2.24) is 0 Å². The van der Waals surface area contributed by atoms with Crippen molar-refractivity contribution < 1.29 is 4.79 Å². The normalized spacial score (nSPS) is 9.92. The van der Waals surface area contributed by atoms with Gasteiger partial charge in [-0.3, -0.25) is 0 Å². The second-order valence-corrected chi connectivity index (χ2v) is 3.23. The molecule has 1 nitrogen and oxygen atoms in total. The molecule has 0 unspecified atom stereocenters. The summed E-state index contributed by atoms with van der Waals surface area (Å²) in [5.74, 6) is 0. The Morgan fingerprint density at radius 3 is 2.08 bits per heavy atom. The molecule has 0 saturated heterocycles. The molecule has 1 aromatic rings. The highest BCUT2D eigenvalue weighted by atomic mass is 16.1. The van der Waals surface area contributed by atoms with E-state index in [0.29, 0.717) is 6.42 Å².